The molecular formula is C24H30N2O4S. The lowest BCUT2D eigenvalue weighted by atomic mass is 10.1. The summed E-state index contributed by atoms with van der Waals surface area (Å²) >= 11 is 0. The number of hydrogen-bond acceptors (Lipinski definition) is 4. The third kappa shape index (κ3) is 5.73. The molecule has 1 atom stereocenters. The molecule has 0 unspecified atom stereocenters. The van der Waals surface area contributed by atoms with E-state index in [4.69, 9.17) is 0 Å². The van der Waals surface area contributed by atoms with Gasteiger partial charge >= 0.3 is 0 Å². The molecule has 1 aliphatic heterocycles. The smallest absolute Gasteiger partial charge is 0.245 e. The number of likely N-dealkylation sites (tertiary alicyclic amines) is 1. The van der Waals surface area contributed by atoms with Crippen LogP contribution in [0.3, 0.4) is 0 Å². The van der Waals surface area contributed by atoms with Crippen molar-refractivity contribution in [3.05, 3.63) is 65.2 Å². The van der Waals surface area contributed by atoms with Crippen LogP contribution in [0.15, 0.2) is 48.5 Å². The van der Waals surface area contributed by atoms with Crippen molar-refractivity contribution in [2.75, 3.05) is 24.2 Å². The van der Waals surface area contributed by atoms with E-state index in [0.717, 1.165) is 29.7 Å². The minimum Gasteiger partial charge on any atom is -0.341 e. The number of nitrogens with one attached hydrogen (secondary N) is 1. The zero-order chi connectivity index (χ0) is 22.4. The highest BCUT2D eigenvalue weighted by molar-refractivity contribution is 7.92. The molecule has 1 heterocycles. The Morgan fingerprint density at radius 1 is 0.968 bits per heavy atom. The number of sulfone groups is 1. The maximum atomic E-state index is 13.2. The molecule has 0 spiro atoms. The molecular weight excluding hydrogens is 412 g/mol. The van der Waals surface area contributed by atoms with E-state index >= 15 is 0 Å². The normalized spacial score (nSPS) is 15.0. The number of carbonyl (C=O) groups excluding carboxylic acids is 2. The maximum absolute atomic E-state index is 13.2. The Bertz CT molecular complexity index is 1010. The summed E-state index contributed by atoms with van der Waals surface area (Å²) in [5.41, 5.74) is 3.17. The summed E-state index contributed by atoms with van der Waals surface area (Å²) in [7, 11) is -3.77. The van der Waals surface area contributed by atoms with Crippen molar-refractivity contribution in [1.82, 2.24) is 4.90 Å². The molecule has 166 valence electrons. The minimum absolute atomic E-state index is 0.0758. The Morgan fingerprint density at radius 3 is 2.19 bits per heavy atom. The third-order valence-electron chi connectivity index (χ3n) is 5.68. The van der Waals surface area contributed by atoms with Crippen molar-refractivity contribution in [3.63, 3.8) is 0 Å². The van der Waals surface area contributed by atoms with Crippen LogP contribution in [0, 0.1) is 13.8 Å². The molecule has 2 aromatic rings. The first-order chi connectivity index (χ1) is 14.8. The van der Waals surface area contributed by atoms with Gasteiger partial charge in [0.1, 0.15) is 0 Å². The van der Waals surface area contributed by atoms with Crippen LogP contribution in [0.2, 0.25) is 0 Å². The van der Waals surface area contributed by atoms with Gasteiger partial charge in [0.05, 0.1) is 5.75 Å². The van der Waals surface area contributed by atoms with Crippen molar-refractivity contribution >= 4 is 27.3 Å². The highest BCUT2D eigenvalue weighted by Crippen LogP contribution is 2.28. The Balaban J connectivity index is 1.68. The van der Waals surface area contributed by atoms with Crippen molar-refractivity contribution < 1.29 is 18.0 Å². The lowest BCUT2D eigenvalue weighted by molar-refractivity contribution is -0.129. The zero-order valence-electron chi connectivity index (χ0n) is 18.1. The van der Waals surface area contributed by atoms with E-state index in [2.05, 4.69) is 5.32 Å². The van der Waals surface area contributed by atoms with E-state index in [-0.39, 0.29) is 30.4 Å². The number of amides is 2. The van der Waals surface area contributed by atoms with Crippen LogP contribution < -0.4 is 5.32 Å². The first kappa shape index (κ1) is 23.0. The van der Waals surface area contributed by atoms with Gasteiger partial charge in [0.25, 0.3) is 0 Å². The van der Waals surface area contributed by atoms with Gasteiger partial charge in [0, 0.05) is 25.2 Å². The van der Waals surface area contributed by atoms with Gasteiger partial charge in [-0.15, -0.1) is 0 Å². The Labute approximate surface area is 184 Å². The summed E-state index contributed by atoms with van der Waals surface area (Å²) in [5, 5.41) is 1.67. The van der Waals surface area contributed by atoms with Crippen LogP contribution >= 0.6 is 0 Å². The molecule has 0 bridgehead atoms. The number of para-hydroxylation sites is 1. The predicted molar refractivity (Wildman–Crippen MR) is 123 cm³/mol. The monoisotopic (exact) mass is 442 g/mol. The Kier molecular flexibility index (Phi) is 7.49. The van der Waals surface area contributed by atoms with Crippen LogP contribution in [-0.4, -0.2) is 44.0 Å². The molecule has 1 saturated heterocycles. The lowest BCUT2D eigenvalue weighted by Crippen LogP contribution is -2.37. The molecule has 0 saturated carbocycles. The van der Waals surface area contributed by atoms with E-state index < -0.39 is 15.1 Å². The quantitative estimate of drug-likeness (QED) is 0.674. The summed E-state index contributed by atoms with van der Waals surface area (Å²) in [6.07, 6.45) is 2.03. The Hall–Kier alpha value is -2.67. The van der Waals surface area contributed by atoms with E-state index in [1.165, 1.54) is 0 Å². The molecule has 2 aromatic carbocycles. The number of benzene rings is 2. The van der Waals surface area contributed by atoms with Gasteiger partial charge in [-0.1, -0.05) is 48.5 Å². The van der Waals surface area contributed by atoms with Crippen molar-refractivity contribution in [2.45, 2.75) is 44.8 Å². The Morgan fingerprint density at radius 2 is 1.58 bits per heavy atom. The molecule has 31 heavy (non-hydrogen) atoms. The average Bonchev–Trinajstić information content (AvgIpc) is 3.26. The van der Waals surface area contributed by atoms with Gasteiger partial charge < -0.3 is 10.2 Å². The fourth-order valence-electron chi connectivity index (χ4n) is 4.00. The van der Waals surface area contributed by atoms with Gasteiger partial charge in [-0.2, -0.15) is 0 Å². The zero-order valence-corrected chi connectivity index (χ0v) is 19.0. The SMILES string of the molecule is Cc1cccc(C)c1NC(=O)CCCS(=O)(=O)[C@H](C(=O)N1CCCC1)c1ccccc1. The average molecular weight is 443 g/mol. The predicted octanol–water partition coefficient (Wildman–Crippen LogP) is 3.80. The molecule has 0 radical (unpaired) electrons. The van der Waals surface area contributed by atoms with Crippen LogP contribution in [0.25, 0.3) is 0 Å². The van der Waals surface area contributed by atoms with Crippen LogP contribution in [0.5, 0.6) is 0 Å². The summed E-state index contributed by atoms with van der Waals surface area (Å²) in [6, 6.07) is 14.4. The van der Waals surface area contributed by atoms with Crippen LogP contribution in [0.1, 0.15) is 47.6 Å². The molecule has 0 aromatic heterocycles. The second-order valence-corrected chi connectivity index (χ2v) is 10.3. The molecule has 3 rings (SSSR count). The molecule has 1 N–H and O–H groups in total. The first-order valence-electron chi connectivity index (χ1n) is 10.7. The van der Waals surface area contributed by atoms with E-state index in [1.807, 2.05) is 32.0 Å². The number of anilines is 1. The summed E-state index contributed by atoms with van der Waals surface area (Å²) < 4.78 is 26.4. The second-order valence-electron chi connectivity index (χ2n) is 8.11. The number of nitrogens with zero attached hydrogens (tertiary/aromatic N) is 1. The molecule has 2 amide bonds. The fourth-order valence-corrected chi connectivity index (χ4v) is 5.81. The highest BCUT2D eigenvalue weighted by Gasteiger charge is 2.37. The van der Waals surface area contributed by atoms with Gasteiger partial charge in [-0.25, -0.2) is 8.42 Å². The minimum atomic E-state index is -3.77. The van der Waals surface area contributed by atoms with Gasteiger partial charge in [0.2, 0.25) is 11.8 Å². The third-order valence-corrected chi connectivity index (χ3v) is 7.73. The van der Waals surface area contributed by atoms with Crippen molar-refractivity contribution in [1.29, 1.82) is 0 Å². The summed E-state index contributed by atoms with van der Waals surface area (Å²) in [4.78, 5) is 27.1. The van der Waals surface area contributed by atoms with Crippen LogP contribution in [-0.2, 0) is 19.4 Å². The largest absolute Gasteiger partial charge is 0.341 e. The van der Waals surface area contributed by atoms with Crippen LogP contribution in [0.4, 0.5) is 5.69 Å². The van der Waals surface area contributed by atoms with E-state index in [1.54, 1.807) is 35.2 Å². The topological polar surface area (TPSA) is 83.5 Å². The second kappa shape index (κ2) is 10.1. The first-order valence-corrected chi connectivity index (χ1v) is 12.4. The highest BCUT2D eigenvalue weighted by atomic mass is 32.2. The fraction of sp³-hybridized carbons (Fsp3) is 0.417. The van der Waals surface area contributed by atoms with Crippen molar-refractivity contribution in [2.24, 2.45) is 0 Å². The van der Waals surface area contributed by atoms with Crippen molar-refractivity contribution in [3.8, 4) is 0 Å². The van der Waals surface area contributed by atoms with Gasteiger partial charge in [0.15, 0.2) is 15.1 Å². The van der Waals surface area contributed by atoms with Gasteiger partial charge in [-0.3, -0.25) is 9.59 Å². The number of hydrogen-bond donors (Lipinski definition) is 1. The standard InChI is InChI=1S/C24H30N2O4S/c1-18-10-8-11-19(2)22(18)25-21(27)14-9-17-31(29,30)23(20-12-4-3-5-13-20)24(28)26-15-6-7-16-26/h3-5,8,10-13,23H,6-7,9,14-17H2,1-2H3,(H,25,27)/t23-/m0/s1. The molecule has 1 fully saturated rings. The lowest BCUT2D eigenvalue weighted by Gasteiger charge is -2.23. The molecule has 0 aliphatic carbocycles. The summed E-state index contributed by atoms with van der Waals surface area (Å²) in [5.74, 6) is -0.801. The maximum Gasteiger partial charge on any atom is 0.245 e. The molecule has 6 nitrogen and oxygen atoms in total. The summed E-state index contributed by atoms with van der Waals surface area (Å²) in [6.45, 7) is 5.02. The number of aryl methyl sites for hydroxylation is 2. The molecule has 7 heteroatoms. The van der Waals surface area contributed by atoms with Gasteiger partial charge in [-0.05, 0) is 49.8 Å². The molecule has 1 aliphatic rings. The number of carbonyl (C=O) groups is 2. The number of rotatable bonds is 8. The van der Waals surface area contributed by atoms with E-state index in [0.29, 0.717) is 18.7 Å². The van der Waals surface area contributed by atoms with E-state index in [9.17, 15) is 18.0 Å².